The van der Waals surface area contributed by atoms with Crippen LogP contribution >= 0.6 is 11.6 Å². The predicted molar refractivity (Wildman–Crippen MR) is 90.9 cm³/mol. The fraction of sp³-hybridized carbons (Fsp3) is 0.111. The molecule has 1 amide bonds. The van der Waals surface area contributed by atoms with E-state index in [4.69, 9.17) is 11.6 Å². The Balaban J connectivity index is 1.70. The summed E-state index contributed by atoms with van der Waals surface area (Å²) in [5.41, 5.74) is 1.69. The van der Waals surface area contributed by atoms with Crippen LogP contribution in [0.2, 0.25) is 5.02 Å². The summed E-state index contributed by atoms with van der Waals surface area (Å²) in [6.07, 6.45) is 2.25. The Bertz CT molecular complexity index is 865. The third-order valence-corrected chi connectivity index (χ3v) is 3.82. The Morgan fingerprint density at radius 3 is 2.87 bits per heavy atom. The van der Waals surface area contributed by atoms with E-state index >= 15 is 0 Å². The van der Waals surface area contributed by atoms with E-state index < -0.39 is 0 Å². The molecule has 0 atom stereocenters. The number of aromatic hydroxyl groups is 1. The zero-order chi connectivity index (χ0) is 16.2. The third-order valence-electron chi connectivity index (χ3n) is 3.58. The summed E-state index contributed by atoms with van der Waals surface area (Å²) in [6, 6.07) is 14.5. The van der Waals surface area contributed by atoms with Crippen molar-refractivity contribution in [1.82, 2.24) is 10.3 Å². The van der Waals surface area contributed by atoms with Crippen LogP contribution in [-0.4, -0.2) is 22.5 Å². The number of nitrogens with zero attached hydrogens (tertiary/aromatic N) is 1. The molecule has 0 unspecified atom stereocenters. The first-order valence-corrected chi connectivity index (χ1v) is 7.62. The molecule has 0 saturated carbocycles. The lowest BCUT2D eigenvalue weighted by Gasteiger charge is -2.09. The maximum Gasteiger partial charge on any atom is 0.255 e. The van der Waals surface area contributed by atoms with E-state index in [1.165, 1.54) is 0 Å². The smallest absolute Gasteiger partial charge is 0.255 e. The van der Waals surface area contributed by atoms with Gasteiger partial charge in [-0.05, 0) is 36.2 Å². The van der Waals surface area contributed by atoms with Gasteiger partial charge in [0, 0.05) is 23.2 Å². The number of amides is 1. The molecule has 1 aromatic heterocycles. The van der Waals surface area contributed by atoms with Crippen LogP contribution in [0.3, 0.4) is 0 Å². The molecule has 3 rings (SSSR count). The van der Waals surface area contributed by atoms with Gasteiger partial charge in [0.25, 0.3) is 5.91 Å². The number of carbonyl (C=O) groups is 1. The van der Waals surface area contributed by atoms with Crippen molar-refractivity contribution in [3.05, 3.63) is 70.9 Å². The van der Waals surface area contributed by atoms with Crippen LogP contribution in [0.4, 0.5) is 0 Å². The first kappa shape index (κ1) is 15.3. The number of nitrogens with one attached hydrogen (secondary N) is 1. The van der Waals surface area contributed by atoms with Gasteiger partial charge >= 0.3 is 0 Å². The quantitative estimate of drug-likeness (QED) is 0.770. The van der Waals surface area contributed by atoms with Crippen LogP contribution in [0.25, 0.3) is 10.9 Å². The number of hydrogen-bond acceptors (Lipinski definition) is 3. The summed E-state index contributed by atoms with van der Waals surface area (Å²) in [4.78, 5) is 16.4. The predicted octanol–water partition coefficient (Wildman–Crippen LogP) is 3.57. The van der Waals surface area contributed by atoms with Crippen LogP contribution in [-0.2, 0) is 6.42 Å². The summed E-state index contributed by atoms with van der Waals surface area (Å²) < 4.78 is 0. The van der Waals surface area contributed by atoms with Gasteiger partial charge in [-0.3, -0.25) is 9.78 Å². The Hall–Kier alpha value is -2.59. The van der Waals surface area contributed by atoms with E-state index in [1.54, 1.807) is 24.4 Å². The normalized spacial score (nSPS) is 10.7. The third kappa shape index (κ3) is 3.43. The second-order valence-corrected chi connectivity index (χ2v) is 5.61. The van der Waals surface area contributed by atoms with Crippen molar-refractivity contribution in [2.24, 2.45) is 0 Å². The van der Waals surface area contributed by atoms with Crippen molar-refractivity contribution >= 4 is 28.4 Å². The number of benzene rings is 2. The molecule has 0 radical (unpaired) electrons. The summed E-state index contributed by atoms with van der Waals surface area (Å²) in [5.74, 6) is -0.416. The van der Waals surface area contributed by atoms with Crippen molar-refractivity contribution in [3.63, 3.8) is 0 Å². The maximum absolute atomic E-state index is 12.2. The lowest BCUT2D eigenvalue weighted by atomic mass is 10.1. The van der Waals surface area contributed by atoms with Crippen molar-refractivity contribution < 1.29 is 9.90 Å². The van der Waals surface area contributed by atoms with Gasteiger partial charge in [-0.25, -0.2) is 0 Å². The number of aromatic nitrogens is 1. The molecular weight excluding hydrogens is 312 g/mol. The van der Waals surface area contributed by atoms with Gasteiger partial charge in [-0.2, -0.15) is 0 Å². The highest BCUT2D eigenvalue weighted by Crippen LogP contribution is 2.26. The SMILES string of the molecule is O=C(NCCc1cccc(Cl)c1)c1ccc2cccnc2c1O. The molecule has 5 heteroatoms. The average molecular weight is 327 g/mol. The minimum absolute atomic E-state index is 0.0941. The number of pyridine rings is 1. The zero-order valence-electron chi connectivity index (χ0n) is 12.3. The monoisotopic (exact) mass is 326 g/mol. The molecule has 116 valence electrons. The molecular formula is C18H15ClN2O2. The zero-order valence-corrected chi connectivity index (χ0v) is 13.0. The standard InChI is InChI=1S/C18H15ClN2O2/c19-14-5-1-3-12(11-14)8-10-21-18(23)15-7-6-13-4-2-9-20-16(13)17(15)22/h1-7,9,11,22H,8,10H2,(H,21,23). The molecule has 0 aliphatic rings. The number of phenolic OH excluding ortho intramolecular Hbond substituents is 1. The average Bonchev–Trinajstić information content (AvgIpc) is 2.55. The van der Waals surface area contributed by atoms with Crippen molar-refractivity contribution in [1.29, 1.82) is 0 Å². The molecule has 0 aliphatic heterocycles. The van der Waals surface area contributed by atoms with Gasteiger partial charge in [-0.1, -0.05) is 35.9 Å². The summed E-state index contributed by atoms with van der Waals surface area (Å²) >= 11 is 5.93. The first-order chi connectivity index (χ1) is 11.1. The number of halogens is 1. The molecule has 0 fully saturated rings. The van der Waals surface area contributed by atoms with Gasteiger partial charge in [0.1, 0.15) is 5.52 Å². The van der Waals surface area contributed by atoms with Crippen LogP contribution in [0.1, 0.15) is 15.9 Å². The van der Waals surface area contributed by atoms with Crippen molar-refractivity contribution in [2.45, 2.75) is 6.42 Å². The van der Waals surface area contributed by atoms with E-state index in [-0.39, 0.29) is 17.2 Å². The number of fused-ring (bicyclic) bond motifs is 1. The Morgan fingerprint density at radius 1 is 1.17 bits per heavy atom. The molecule has 0 aliphatic carbocycles. The summed E-state index contributed by atoms with van der Waals surface area (Å²) in [5, 5.41) is 14.5. The summed E-state index contributed by atoms with van der Waals surface area (Å²) in [6.45, 7) is 0.457. The topological polar surface area (TPSA) is 62.2 Å². The molecule has 3 aromatic rings. The highest BCUT2D eigenvalue weighted by Gasteiger charge is 2.14. The Labute approximate surface area is 138 Å². The maximum atomic E-state index is 12.2. The number of phenols is 1. The molecule has 0 spiro atoms. The fourth-order valence-corrected chi connectivity index (χ4v) is 2.63. The van der Waals surface area contributed by atoms with Gasteiger partial charge in [0.05, 0.1) is 5.56 Å². The van der Waals surface area contributed by atoms with Gasteiger partial charge in [0.15, 0.2) is 5.75 Å². The van der Waals surface area contributed by atoms with Crippen LogP contribution in [0.5, 0.6) is 5.75 Å². The lowest BCUT2D eigenvalue weighted by molar-refractivity contribution is 0.0951. The first-order valence-electron chi connectivity index (χ1n) is 7.24. The van der Waals surface area contributed by atoms with Gasteiger partial charge in [0.2, 0.25) is 0 Å². The molecule has 0 saturated heterocycles. The van der Waals surface area contributed by atoms with E-state index in [9.17, 15) is 9.90 Å². The van der Waals surface area contributed by atoms with E-state index in [1.807, 2.05) is 30.3 Å². The molecule has 2 aromatic carbocycles. The van der Waals surface area contributed by atoms with Gasteiger partial charge < -0.3 is 10.4 Å². The molecule has 2 N–H and O–H groups in total. The van der Waals surface area contributed by atoms with Crippen LogP contribution in [0, 0.1) is 0 Å². The van der Waals surface area contributed by atoms with E-state index in [0.29, 0.717) is 23.5 Å². The molecule has 23 heavy (non-hydrogen) atoms. The lowest BCUT2D eigenvalue weighted by Crippen LogP contribution is -2.25. The van der Waals surface area contributed by atoms with Gasteiger partial charge in [-0.15, -0.1) is 0 Å². The van der Waals surface area contributed by atoms with Crippen LogP contribution < -0.4 is 5.32 Å². The second-order valence-electron chi connectivity index (χ2n) is 5.17. The molecule has 4 nitrogen and oxygen atoms in total. The largest absolute Gasteiger partial charge is 0.505 e. The Morgan fingerprint density at radius 2 is 2.04 bits per heavy atom. The van der Waals surface area contributed by atoms with E-state index in [0.717, 1.165) is 10.9 Å². The minimum atomic E-state index is -0.322. The Kier molecular flexibility index (Phi) is 4.44. The summed E-state index contributed by atoms with van der Waals surface area (Å²) in [7, 11) is 0. The van der Waals surface area contributed by atoms with E-state index in [2.05, 4.69) is 10.3 Å². The molecule has 0 bridgehead atoms. The highest BCUT2D eigenvalue weighted by atomic mass is 35.5. The molecule has 1 heterocycles. The number of rotatable bonds is 4. The fourth-order valence-electron chi connectivity index (χ4n) is 2.42. The van der Waals surface area contributed by atoms with Crippen molar-refractivity contribution in [2.75, 3.05) is 6.54 Å². The second kappa shape index (κ2) is 6.67. The number of hydrogen-bond donors (Lipinski definition) is 2. The van der Waals surface area contributed by atoms with Crippen molar-refractivity contribution in [3.8, 4) is 5.75 Å². The highest BCUT2D eigenvalue weighted by molar-refractivity contribution is 6.30. The minimum Gasteiger partial charge on any atom is -0.505 e. The number of carbonyl (C=O) groups excluding carboxylic acids is 1. The van der Waals surface area contributed by atoms with Crippen LogP contribution in [0.15, 0.2) is 54.7 Å².